The third-order valence-corrected chi connectivity index (χ3v) is 4.26. The monoisotopic (exact) mass is 320 g/mol. The molecule has 0 unspecified atom stereocenters. The molecule has 1 aromatic heterocycles. The molecule has 1 heterocycles. The van der Waals surface area contributed by atoms with Crippen molar-refractivity contribution < 1.29 is 13.2 Å². The predicted molar refractivity (Wildman–Crippen MR) is 81.9 cm³/mol. The maximum absolute atomic E-state index is 12.0. The summed E-state index contributed by atoms with van der Waals surface area (Å²) in [6, 6.07) is 7.28. The van der Waals surface area contributed by atoms with Crippen LogP contribution in [0.1, 0.15) is 24.5 Å². The highest BCUT2D eigenvalue weighted by molar-refractivity contribution is 7.89. The zero-order valence-electron chi connectivity index (χ0n) is 12.1. The van der Waals surface area contributed by atoms with Crippen molar-refractivity contribution in [3.63, 3.8) is 0 Å². The molecule has 2 aromatic rings. The quantitative estimate of drug-likeness (QED) is 0.867. The minimum atomic E-state index is -3.54. The topological polar surface area (TPSA) is 101 Å². The summed E-state index contributed by atoms with van der Waals surface area (Å²) >= 11 is 0. The zero-order chi connectivity index (χ0) is 16.2. The van der Waals surface area contributed by atoms with E-state index in [0.717, 1.165) is 0 Å². The van der Waals surface area contributed by atoms with Gasteiger partial charge < -0.3 is 5.32 Å². The summed E-state index contributed by atoms with van der Waals surface area (Å²) in [5, 5.41) is 2.60. The van der Waals surface area contributed by atoms with Crippen LogP contribution in [0.2, 0.25) is 0 Å². The molecule has 0 aliphatic heterocycles. The van der Waals surface area contributed by atoms with Gasteiger partial charge in [0.1, 0.15) is 0 Å². The van der Waals surface area contributed by atoms with E-state index in [9.17, 15) is 13.2 Å². The second kappa shape index (κ2) is 6.63. The standard InChI is InChI=1S/C14H16N4O3S/c1-10(2)18-22(20,21)12-6-4-11(5-7-12)17-14(19)13-15-8-3-9-16-13/h3-10,18H,1-2H3,(H,17,19). The Morgan fingerprint density at radius 3 is 2.23 bits per heavy atom. The zero-order valence-corrected chi connectivity index (χ0v) is 13.0. The molecule has 0 aliphatic carbocycles. The Kier molecular flexibility index (Phi) is 4.84. The Morgan fingerprint density at radius 2 is 1.68 bits per heavy atom. The van der Waals surface area contributed by atoms with Gasteiger partial charge in [0.15, 0.2) is 0 Å². The van der Waals surface area contributed by atoms with Crippen LogP contribution in [0.3, 0.4) is 0 Å². The van der Waals surface area contributed by atoms with Gasteiger partial charge in [-0.25, -0.2) is 23.1 Å². The summed E-state index contributed by atoms with van der Waals surface area (Å²) in [6.45, 7) is 3.48. The fourth-order valence-corrected chi connectivity index (χ4v) is 2.95. The second-order valence-corrected chi connectivity index (χ2v) is 6.54. The average Bonchev–Trinajstić information content (AvgIpc) is 2.47. The molecule has 0 atom stereocenters. The molecule has 22 heavy (non-hydrogen) atoms. The Hall–Kier alpha value is -2.32. The maximum atomic E-state index is 12.0. The largest absolute Gasteiger partial charge is 0.319 e. The first kappa shape index (κ1) is 16.1. The van der Waals surface area contributed by atoms with Crippen molar-refractivity contribution in [2.24, 2.45) is 0 Å². The van der Waals surface area contributed by atoms with E-state index >= 15 is 0 Å². The van der Waals surface area contributed by atoms with E-state index in [1.807, 2.05) is 0 Å². The maximum Gasteiger partial charge on any atom is 0.293 e. The SMILES string of the molecule is CC(C)NS(=O)(=O)c1ccc(NC(=O)c2ncccn2)cc1. The van der Waals surface area contributed by atoms with E-state index in [2.05, 4.69) is 20.0 Å². The van der Waals surface area contributed by atoms with Gasteiger partial charge in [0.05, 0.1) is 4.90 Å². The number of sulfonamides is 1. The number of rotatable bonds is 5. The number of aromatic nitrogens is 2. The molecule has 0 radical (unpaired) electrons. The van der Waals surface area contributed by atoms with Gasteiger partial charge in [-0.2, -0.15) is 0 Å². The minimum Gasteiger partial charge on any atom is -0.319 e. The van der Waals surface area contributed by atoms with Gasteiger partial charge in [0.25, 0.3) is 5.91 Å². The fourth-order valence-electron chi connectivity index (χ4n) is 1.70. The van der Waals surface area contributed by atoms with E-state index in [0.29, 0.717) is 5.69 Å². The molecule has 0 aliphatic rings. The van der Waals surface area contributed by atoms with Gasteiger partial charge >= 0.3 is 0 Å². The average molecular weight is 320 g/mol. The Morgan fingerprint density at radius 1 is 1.09 bits per heavy atom. The molecule has 0 bridgehead atoms. The van der Waals surface area contributed by atoms with Crippen LogP contribution in [0.5, 0.6) is 0 Å². The molecule has 2 N–H and O–H groups in total. The van der Waals surface area contributed by atoms with Gasteiger partial charge in [-0.1, -0.05) is 0 Å². The summed E-state index contributed by atoms with van der Waals surface area (Å²) in [4.78, 5) is 19.7. The molecule has 1 aromatic carbocycles. The lowest BCUT2D eigenvalue weighted by atomic mass is 10.3. The fraction of sp³-hybridized carbons (Fsp3) is 0.214. The number of carbonyl (C=O) groups excluding carboxylic acids is 1. The molecule has 0 saturated carbocycles. The van der Waals surface area contributed by atoms with Crippen LogP contribution in [-0.4, -0.2) is 30.3 Å². The van der Waals surface area contributed by atoms with Crippen LogP contribution in [-0.2, 0) is 10.0 Å². The third-order valence-electron chi connectivity index (χ3n) is 2.58. The molecular weight excluding hydrogens is 304 g/mol. The number of hydrogen-bond donors (Lipinski definition) is 2. The van der Waals surface area contributed by atoms with E-state index in [4.69, 9.17) is 0 Å². The minimum absolute atomic E-state index is 0.0423. The van der Waals surface area contributed by atoms with Gasteiger partial charge in [0.2, 0.25) is 15.8 Å². The summed E-state index contributed by atoms with van der Waals surface area (Å²) < 4.78 is 26.4. The van der Waals surface area contributed by atoms with Crippen LogP contribution >= 0.6 is 0 Å². The van der Waals surface area contributed by atoms with Crippen molar-refractivity contribution in [1.82, 2.24) is 14.7 Å². The molecule has 116 valence electrons. The van der Waals surface area contributed by atoms with Crippen molar-refractivity contribution in [2.75, 3.05) is 5.32 Å². The molecule has 2 rings (SSSR count). The number of amides is 1. The Labute approximate surface area is 128 Å². The summed E-state index contributed by atoms with van der Waals surface area (Å²) in [5.41, 5.74) is 0.459. The van der Waals surface area contributed by atoms with Crippen molar-refractivity contribution in [2.45, 2.75) is 24.8 Å². The first-order valence-corrected chi connectivity index (χ1v) is 8.07. The Bertz CT molecular complexity index is 743. The van der Waals surface area contributed by atoms with Crippen LogP contribution in [0.15, 0.2) is 47.6 Å². The first-order chi connectivity index (χ1) is 10.4. The smallest absolute Gasteiger partial charge is 0.293 e. The van der Waals surface area contributed by atoms with Gasteiger partial charge in [0, 0.05) is 24.1 Å². The third kappa shape index (κ3) is 4.09. The number of hydrogen-bond acceptors (Lipinski definition) is 5. The van der Waals surface area contributed by atoms with Crippen LogP contribution in [0, 0.1) is 0 Å². The van der Waals surface area contributed by atoms with Gasteiger partial charge in [-0.05, 0) is 44.2 Å². The number of anilines is 1. The first-order valence-electron chi connectivity index (χ1n) is 6.59. The van der Waals surface area contributed by atoms with Crippen LogP contribution in [0.25, 0.3) is 0 Å². The van der Waals surface area contributed by atoms with E-state index in [1.165, 1.54) is 36.7 Å². The number of benzene rings is 1. The van der Waals surface area contributed by atoms with Crippen molar-refractivity contribution >= 4 is 21.6 Å². The molecule has 8 heteroatoms. The highest BCUT2D eigenvalue weighted by Gasteiger charge is 2.15. The molecule has 7 nitrogen and oxygen atoms in total. The number of carbonyl (C=O) groups is 1. The number of nitrogens with one attached hydrogen (secondary N) is 2. The summed E-state index contributed by atoms with van der Waals surface area (Å²) in [6.07, 6.45) is 2.93. The molecule has 0 saturated heterocycles. The van der Waals surface area contributed by atoms with Gasteiger partial charge in [-0.15, -0.1) is 0 Å². The van der Waals surface area contributed by atoms with Crippen LogP contribution < -0.4 is 10.0 Å². The highest BCUT2D eigenvalue weighted by atomic mass is 32.2. The lowest BCUT2D eigenvalue weighted by Crippen LogP contribution is -2.30. The molecule has 0 spiro atoms. The lowest BCUT2D eigenvalue weighted by molar-refractivity contribution is 0.101. The van der Waals surface area contributed by atoms with Crippen LogP contribution in [0.4, 0.5) is 5.69 Å². The van der Waals surface area contributed by atoms with Crippen molar-refractivity contribution in [3.8, 4) is 0 Å². The summed E-state index contributed by atoms with van der Waals surface area (Å²) in [5.74, 6) is -0.419. The molecular formula is C14H16N4O3S. The van der Waals surface area contributed by atoms with Crippen molar-refractivity contribution in [1.29, 1.82) is 0 Å². The summed E-state index contributed by atoms with van der Waals surface area (Å²) in [7, 11) is -3.54. The van der Waals surface area contributed by atoms with E-state index in [-0.39, 0.29) is 16.8 Å². The predicted octanol–water partition coefficient (Wildman–Crippen LogP) is 1.42. The Balaban J connectivity index is 2.11. The van der Waals surface area contributed by atoms with E-state index in [1.54, 1.807) is 19.9 Å². The second-order valence-electron chi connectivity index (χ2n) is 4.83. The molecule has 0 fully saturated rings. The van der Waals surface area contributed by atoms with E-state index < -0.39 is 15.9 Å². The van der Waals surface area contributed by atoms with Crippen molar-refractivity contribution in [3.05, 3.63) is 48.5 Å². The lowest BCUT2D eigenvalue weighted by Gasteiger charge is -2.10. The molecule has 1 amide bonds. The highest BCUT2D eigenvalue weighted by Crippen LogP contribution is 2.14. The number of nitrogens with zero attached hydrogens (tertiary/aromatic N) is 2. The van der Waals surface area contributed by atoms with Gasteiger partial charge in [-0.3, -0.25) is 4.79 Å². The normalized spacial score (nSPS) is 11.4.